The molecule has 0 aromatic heterocycles. The molecule has 0 amide bonds. The van der Waals surface area contributed by atoms with Crippen LogP contribution < -0.4 is 4.74 Å². The zero-order valence-corrected chi connectivity index (χ0v) is 18.1. The summed E-state index contributed by atoms with van der Waals surface area (Å²) in [6.45, 7) is 10.9. The van der Waals surface area contributed by atoms with Crippen LogP contribution in [0.1, 0.15) is 58.3 Å². The molecule has 0 aliphatic rings. The summed E-state index contributed by atoms with van der Waals surface area (Å²) in [4.78, 5) is 0. The van der Waals surface area contributed by atoms with Gasteiger partial charge in [-0.05, 0) is 52.6 Å². The number of hydrogen-bond acceptors (Lipinski definition) is 1. The summed E-state index contributed by atoms with van der Waals surface area (Å²) in [6, 6.07) is 23.7. The molecule has 3 aromatic rings. The van der Waals surface area contributed by atoms with E-state index >= 15 is 0 Å². The molecule has 1 atom stereocenters. The Bertz CT molecular complexity index is 918. The molecule has 2 heteroatoms. The van der Waals surface area contributed by atoms with Crippen LogP contribution in [-0.2, 0) is 5.41 Å². The van der Waals surface area contributed by atoms with Gasteiger partial charge in [0.2, 0.25) is 0 Å². The van der Waals surface area contributed by atoms with E-state index < -0.39 is 0 Å². The zero-order valence-electron chi connectivity index (χ0n) is 18.1. The lowest BCUT2D eigenvalue weighted by Gasteiger charge is -2.22. The van der Waals surface area contributed by atoms with Crippen molar-refractivity contribution >= 4 is 0 Å². The summed E-state index contributed by atoms with van der Waals surface area (Å²) in [5.41, 5.74) is 4.40. The number of ether oxygens (including phenoxy) is 1. The largest absolute Gasteiger partial charge is 0.486 e. The van der Waals surface area contributed by atoms with Crippen molar-refractivity contribution in [3.63, 3.8) is 0 Å². The topological polar surface area (TPSA) is 9.23 Å². The highest BCUT2D eigenvalue weighted by molar-refractivity contribution is 5.64. The number of rotatable bonds is 6. The van der Waals surface area contributed by atoms with Crippen molar-refractivity contribution in [3.05, 3.63) is 89.7 Å². The van der Waals surface area contributed by atoms with Crippen LogP contribution in [0.4, 0.5) is 4.39 Å². The Morgan fingerprint density at radius 2 is 1.34 bits per heavy atom. The summed E-state index contributed by atoms with van der Waals surface area (Å²) in [7, 11) is 0. The van der Waals surface area contributed by atoms with Crippen LogP contribution in [0, 0.1) is 11.7 Å². The highest BCUT2D eigenvalue weighted by Crippen LogP contribution is 2.31. The van der Waals surface area contributed by atoms with Gasteiger partial charge in [0.15, 0.2) is 0 Å². The molecular weight excluding hydrogens is 359 g/mol. The van der Waals surface area contributed by atoms with Gasteiger partial charge in [0.25, 0.3) is 0 Å². The molecule has 152 valence electrons. The Kier molecular flexibility index (Phi) is 6.42. The lowest BCUT2D eigenvalue weighted by Crippen LogP contribution is -2.12. The van der Waals surface area contributed by atoms with E-state index in [-0.39, 0.29) is 17.3 Å². The van der Waals surface area contributed by atoms with Crippen molar-refractivity contribution in [1.29, 1.82) is 0 Å². The maximum atomic E-state index is 14.3. The standard InChI is InChI=1S/C27H31FO/c1-19(2)18-26(24-8-6-7-9-25(24)28)29-23-16-12-21(13-17-23)20-10-14-22(15-11-20)27(3,4)5/h6-17,19,26H,18H2,1-5H3. The van der Waals surface area contributed by atoms with E-state index in [0.29, 0.717) is 11.5 Å². The maximum absolute atomic E-state index is 14.3. The van der Waals surface area contributed by atoms with E-state index in [1.807, 2.05) is 24.3 Å². The SMILES string of the molecule is CC(C)CC(Oc1ccc(-c2ccc(C(C)(C)C)cc2)cc1)c1ccccc1F. The molecule has 0 aliphatic carbocycles. The Morgan fingerprint density at radius 1 is 0.793 bits per heavy atom. The van der Waals surface area contributed by atoms with Gasteiger partial charge in [-0.2, -0.15) is 0 Å². The highest BCUT2D eigenvalue weighted by Gasteiger charge is 2.19. The molecule has 0 aliphatic heterocycles. The predicted molar refractivity (Wildman–Crippen MR) is 120 cm³/mol. The lowest BCUT2D eigenvalue weighted by atomic mass is 9.86. The minimum absolute atomic E-state index is 0.147. The van der Waals surface area contributed by atoms with Gasteiger partial charge in [0.05, 0.1) is 0 Å². The van der Waals surface area contributed by atoms with Crippen molar-refractivity contribution in [2.24, 2.45) is 5.92 Å². The van der Waals surface area contributed by atoms with Crippen molar-refractivity contribution in [2.45, 2.75) is 52.6 Å². The quantitative estimate of drug-likeness (QED) is 0.415. The molecule has 3 rings (SSSR count). The summed E-state index contributed by atoms with van der Waals surface area (Å²) < 4.78 is 20.5. The smallest absolute Gasteiger partial charge is 0.130 e. The van der Waals surface area contributed by atoms with E-state index in [2.05, 4.69) is 71.0 Å². The fourth-order valence-corrected chi connectivity index (χ4v) is 3.46. The molecule has 1 nitrogen and oxygen atoms in total. The zero-order chi connectivity index (χ0) is 21.0. The Balaban J connectivity index is 1.79. The molecule has 0 saturated heterocycles. The van der Waals surface area contributed by atoms with Crippen LogP contribution in [-0.4, -0.2) is 0 Å². The molecule has 0 heterocycles. The van der Waals surface area contributed by atoms with Crippen molar-refractivity contribution in [3.8, 4) is 16.9 Å². The Labute approximate surface area is 174 Å². The first-order valence-electron chi connectivity index (χ1n) is 10.4. The normalized spacial score (nSPS) is 12.8. The number of benzene rings is 3. The second-order valence-corrected chi connectivity index (χ2v) is 9.11. The van der Waals surface area contributed by atoms with Crippen molar-refractivity contribution in [1.82, 2.24) is 0 Å². The van der Waals surface area contributed by atoms with Crippen molar-refractivity contribution < 1.29 is 9.13 Å². The second kappa shape index (κ2) is 8.82. The molecule has 0 N–H and O–H groups in total. The van der Waals surface area contributed by atoms with Gasteiger partial charge in [-0.25, -0.2) is 4.39 Å². The Morgan fingerprint density at radius 3 is 1.86 bits per heavy atom. The minimum atomic E-state index is -0.298. The van der Waals surface area contributed by atoms with Gasteiger partial charge in [0.1, 0.15) is 17.7 Å². The third-order valence-corrected chi connectivity index (χ3v) is 5.15. The van der Waals surface area contributed by atoms with Crippen LogP contribution in [0.15, 0.2) is 72.8 Å². The summed E-state index contributed by atoms with van der Waals surface area (Å²) in [5, 5.41) is 0. The lowest BCUT2D eigenvalue weighted by molar-refractivity contribution is 0.173. The van der Waals surface area contributed by atoms with Crippen LogP contribution >= 0.6 is 0 Å². The average molecular weight is 391 g/mol. The van der Waals surface area contributed by atoms with Gasteiger partial charge in [-0.3, -0.25) is 0 Å². The Hall–Kier alpha value is -2.61. The van der Waals surface area contributed by atoms with Gasteiger partial charge in [0, 0.05) is 5.56 Å². The van der Waals surface area contributed by atoms with Crippen LogP contribution in [0.3, 0.4) is 0 Å². The molecular formula is C27H31FO. The average Bonchev–Trinajstić information content (AvgIpc) is 2.67. The molecule has 0 radical (unpaired) electrons. The monoisotopic (exact) mass is 390 g/mol. The molecule has 3 aromatic carbocycles. The predicted octanol–water partition coefficient (Wildman–Crippen LogP) is 7.96. The third kappa shape index (κ3) is 5.47. The van der Waals surface area contributed by atoms with Gasteiger partial charge < -0.3 is 4.74 Å². The summed E-state index contributed by atoms with van der Waals surface area (Å²) >= 11 is 0. The fraction of sp³-hybridized carbons (Fsp3) is 0.333. The molecule has 0 spiro atoms. The van der Waals surface area contributed by atoms with Crippen molar-refractivity contribution in [2.75, 3.05) is 0 Å². The third-order valence-electron chi connectivity index (χ3n) is 5.15. The summed E-state index contributed by atoms with van der Waals surface area (Å²) in [6.07, 6.45) is 0.463. The van der Waals surface area contributed by atoms with E-state index in [9.17, 15) is 4.39 Å². The van der Waals surface area contributed by atoms with E-state index in [1.54, 1.807) is 6.07 Å². The molecule has 1 unspecified atom stereocenters. The van der Waals surface area contributed by atoms with E-state index in [0.717, 1.165) is 17.7 Å². The first-order chi connectivity index (χ1) is 13.7. The van der Waals surface area contributed by atoms with Crippen LogP contribution in [0.5, 0.6) is 5.75 Å². The molecule has 29 heavy (non-hydrogen) atoms. The molecule has 0 bridgehead atoms. The van der Waals surface area contributed by atoms with Crippen LogP contribution in [0.25, 0.3) is 11.1 Å². The first-order valence-corrected chi connectivity index (χ1v) is 10.4. The highest BCUT2D eigenvalue weighted by atomic mass is 19.1. The van der Waals surface area contributed by atoms with Crippen LogP contribution in [0.2, 0.25) is 0 Å². The maximum Gasteiger partial charge on any atom is 0.130 e. The fourth-order valence-electron chi connectivity index (χ4n) is 3.46. The van der Waals surface area contributed by atoms with Gasteiger partial charge in [-0.15, -0.1) is 0 Å². The minimum Gasteiger partial charge on any atom is -0.486 e. The molecule has 0 saturated carbocycles. The van der Waals surface area contributed by atoms with Gasteiger partial charge in [-0.1, -0.05) is 89.2 Å². The molecule has 0 fully saturated rings. The number of hydrogen-bond donors (Lipinski definition) is 0. The van der Waals surface area contributed by atoms with Gasteiger partial charge >= 0.3 is 0 Å². The number of halogens is 1. The first kappa shape index (κ1) is 21.1. The van der Waals surface area contributed by atoms with E-state index in [1.165, 1.54) is 17.2 Å². The van der Waals surface area contributed by atoms with E-state index in [4.69, 9.17) is 4.74 Å². The summed E-state index contributed by atoms with van der Waals surface area (Å²) in [5.74, 6) is 0.947. The second-order valence-electron chi connectivity index (χ2n) is 9.11.